The van der Waals surface area contributed by atoms with Gasteiger partial charge < -0.3 is 15.0 Å². The fraction of sp³-hybridized carbons (Fsp3) is 0.375. The Bertz CT molecular complexity index is 798. The SMILES string of the molecule is Cc1nc(S(=O)(=O)NCCC(=O)NCC(O)c2ccccc2)cn1C. The number of aryl methyl sites for hydroxylation is 2. The van der Waals surface area contributed by atoms with Crippen molar-refractivity contribution in [2.75, 3.05) is 13.1 Å². The molecule has 1 heterocycles. The lowest BCUT2D eigenvalue weighted by Crippen LogP contribution is -2.33. The average Bonchev–Trinajstić information content (AvgIpc) is 2.93. The molecule has 0 aliphatic carbocycles. The van der Waals surface area contributed by atoms with E-state index in [0.717, 1.165) is 0 Å². The lowest BCUT2D eigenvalue weighted by molar-refractivity contribution is -0.121. The van der Waals surface area contributed by atoms with Gasteiger partial charge in [-0.05, 0) is 12.5 Å². The lowest BCUT2D eigenvalue weighted by atomic mass is 10.1. The number of nitrogens with one attached hydrogen (secondary N) is 2. The van der Waals surface area contributed by atoms with E-state index in [1.807, 2.05) is 6.07 Å². The topological polar surface area (TPSA) is 113 Å². The molecule has 136 valence electrons. The highest BCUT2D eigenvalue weighted by Crippen LogP contribution is 2.10. The molecular weight excluding hydrogens is 344 g/mol. The van der Waals surface area contributed by atoms with Gasteiger partial charge in [-0.3, -0.25) is 4.79 Å². The van der Waals surface area contributed by atoms with Crippen LogP contribution >= 0.6 is 0 Å². The molecule has 0 fully saturated rings. The van der Waals surface area contributed by atoms with Crippen LogP contribution in [0.5, 0.6) is 0 Å². The first-order valence-electron chi connectivity index (χ1n) is 7.79. The maximum atomic E-state index is 12.1. The molecule has 0 spiro atoms. The summed E-state index contributed by atoms with van der Waals surface area (Å²) in [6.07, 6.45) is 0.568. The summed E-state index contributed by atoms with van der Waals surface area (Å²) >= 11 is 0. The molecule has 8 nitrogen and oxygen atoms in total. The summed E-state index contributed by atoms with van der Waals surface area (Å²) in [7, 11) is -2.04. The van der Waals surface area contributed by atoms with E-state index < -0.39 is 16.1 Å². The van der Waals surface area contributed by atoms with E-state index in [0.29, 0.717) is 11.4 Å². The summed E-state index contributed by atoms with van der Waals surface area (Å²) in [4.78, 5) is 15.7. The number of imidazole rings is 1. The first kappa shape index (κ1) is 19.1. The number of aliphatic hydroxyl groups excluding tert-OH is 1. The fourth-order valence-electron chi connectivity index (χ4n) is 2.12. The van der Waals surface area contributed by atoms with Crippen molar-refractivity contribution in [3.05, 3.63) is 47.9 Å². The minimum atomic E-state index is -3.74. The molecule has 1 aromatic carbocycles. The Hall–Kier alpha value is -2.23. The number of sulfonamides is 1. The number of nitrogens with zero attached hydrogens (tertiary/aromatic N) is 2. The third-order valence-electron chi connectivity index (χ3n) is 3.68. The summed E-state index contributed by atoms with van der Waals surface area (Å²) in [6.45, 7) is 1.71. The molecule has 1 amide bonds. The van der Waals surface area contributed by atoms with Gasteiger partial charge in [-0.2, -0.15) is 0 Å². The van der Waals surface area contributed by atoms with Crippen LogP contribution in [0.15, 0.2) is 41.6 Å². The summed E-state index contributed by atoms with van der Waals surface area (Å²) in [5.41, 5.74) is 0.703. The van der Waals surface area contributed by atoms with Gasteiger partial charge in [0, 0.05) is 32.8 Å². The van der Waals surface area contributed by atoms with E-state index in [-0.39, 0.29) is 30.4 Å². The maximum Gasteiger partial charge on any atom is 0.259 e. The third-order valence-corrected chi connectivity index (χ3v) is 5.01. The molecule has 0 radical (unpaired) electrons. The van der Waals surface area contributed by atoms with Gasteiger partial charge in [0.2, 0.25) is 5.91 Å². The standard InChI is InChI=1S/C16H22N4O4S/c1-12-19-16(11-20(12)2)25(23,24)18-9-8-15(22)17-10-14(21)13-6-4-3-5-7-13/h3-7,11,14,18,21H,8-10H2,1-2H3,(H,17,22). The minimum absolute atomic E-state index is 0.0352. The predicted molar refractivity (Wildman–Crippen MR) is 92.2 cm³/mol. The van der Waals surface area contributed by atoms with Crippen molar-refractivity contribution >= 4 is 15.9 Å². The van der Waals surface area contributed by atoms with Gasteiger partial charge in [-0.1, -0.05) is 30.3 Å². The zero-order chi connectivity index (χ0) is 18.4. The molecule has 2 rings (SSSR count). The van der Waals surface area contributed by atoms with Crippen molar-refractivity contribution in [3.63, 3.8) is 0 Å². The highest BCUT2D eigenvalue weighted by atomic mass is 32.2. The number of carbonyl (C=O) groups is 1. The molecule has 1 atom stereocenters. The first-order valence-corrected chi connectivity index (χ1v) is 9.27. The van der Waals surface area contributed by atoms with Crippen molar-refractivity contribution in [1.29, 1.82) is 0 Å². The van der Waals surface area contributed by atoms with Crippen LogP contribution in [0, 0.1) is 6.92 Å². The van der Waals surface area contributed by atoms with Crippen LogP contribution < -0.4 is 10.0 Å². The van der Waals surface area contributed by atoms with E-state index >= 15 is 0 Å². The molecule has 1 unspecified atom stereocenters. The van der Waals surface area contributed by atoms with E-state index in [2.05, 4.69) is 15.0 Å². The van der Waals surface area contributed by atoms with Crippen LogP contribution in [0.3, 0.4) is 0 Å². The van der Waals surface area contributed by atoms with Gasteiger partial charge in [-0.25, -0.2) is 18.1 Å². The van der Waals surface area contributed by atoms with Crippen LogP contribution in [0.4, 0.5) is 0 Å². The Kier molecular flexibility index (Phi) is 6.29. The van der Waals surface area contributed by atoms with Crippen LogP contribution in [0.1, 0.15) is 23.9 Å². The van der Waals surface area contributed by atoms with Gasteiger partial charge in [0.1, 0.15) is 5.82 Å². The summed E-state index contributed by atoms with van der Waals surface area (Å²) in [6, 6.07) is 8.96. The van der Waals surface area contributed by atoms with Crippen LogP contribution in [0.25, 0.3) is 0 Å². The number of rotatable bonds is 8. The largest absolute Gasteiger partial charge is 0.387 e. The molecular formula is C16H22N4O4S. The molecule has 0 saturated heterocycles. The lowest BCUT2D eigenvalue weighted by Gasteiger charge is -2.12. The number of benzene rings is 1. The van der Waals surface area contributed by atoms with E-state index in [1.54, 1.807) is 42.8 Å². The average molecular weight is 366 g/mol. The Balaban J connectivity index is 1.76. The first-order chi connectivity index (χ1) is 11.8. The normalized spacial score (nSPS) is 12.8. The molecule has 2 aromatic rings. The molecule has 0 aliphatic heterocycles. The molecule has 0 bridgehead atoms. The van der Waals surface area contributed by atoms with Crippen molar-refractivity contribution in [2.45, 2.75) is 24.5 Å². The van der Waals surface area contributed by atoms with Crippen molar-refractivity contribution < 1.29 is 18.3 Å². The van der Waals surface area contributed by atoms with E-state index in [9.17, 15) is 18.3 Å². The highest BCUT2D eigenvalue weighted by Gasteiger charge is 2.18. The zero-order valence-electron chi connectivity index (χ0n) is 14.1. The monoisotopic (exact) mass is 366 g/mol. The summed E-state index contributed by atoms with van der Waals surface area (Å²) < 4.78 is 28.1. The minimum Gasteiger partial charge on any atom is -0.387 e. The molecule has 1 aromatic heterocycles. The Morgan fingerprint density at radius 2 is 2.00 bits per heavy atom. The van der Waals surface area contributed by atoms with Gasteiger partial charge in [0.15, 0.2) is 5.03 Å². The van der Waals surface area contributed by atoms with Gasteiger partial charge in [0.05, 0.1) is 6.10 Å². The number of hydrogen-bond acceptors (Lipinski definition) is 5. The Morgan fingerprint density at radius 3 is 2.60 bits per heavy atom. The van der Waals surface area contributed by atoms with E-state index in [4.69, 9.17) is 0 Å². The Morgan fingerprint density at radius 1 is 1.32 bits per heavy atom. The third kappa shape index (κ3) is 5.38. The quantitative estimate of drug-likeness (QED) is 0.620. The second-order valence-corrected chi connectivity index (χ2v) is 7.33. The number of carbonyl (C=O) groups excluding carboxylic acids is 1. The molecule has 3 N–H and O–H groups in total. The molecule has 0 saturated carbocycles. The molecule has 0 aliphatic rings. The van der Waals surface area contributed by atoms with Crippen molar-refractivity contribution in [3.8, 4) is 0 Å². The summed E-state index contributed by atoms with van der Waals surface area (Å²) in [5.74, 6) is 0.225. The zero-order valence-corrected chi connectivity index (χ0v) is 15.0. The fourth-order valence-corrected chi connectivity index (χ4v) is 3.19. The smallest absolute Gasteiger partial charge is 0.259 e. The van der Waals surface area contributed by atoms with E-state index in [1.165, 1.54) is 6.20 Å². The van der Waals surface area contributed by atoms with Crippen molar-refractivity contribution in [1.82, 2.24) is 19.6 Å². The van der Waals surface area contributed by atoms with Crippen LogP contribution in [-0.2, 0) is 21.9 Å². The molecule has 25 heavy (non-hydrogen) atoms. The number of aliphatic hydroxyl groups is 1. The van der Waals surface area contributed by atoms with Gasteiger partial charge in [0.25, 0.3) is 10.0 Å². The molecule has 9 heteroatoms. The second kappa shape index (κ2) is 8.24. The maximum absolute atomic E-state index is 12.1. The number of hydrogen-bond donors (Lipinski definition) is 3. The highest BCUT2D eigenvalue weighted by molar-refractivity contribution is 7.89. The number of aromatic nitrogens is 2. The summed E-state index contributed by atoms with van der Waals surface area (Å²) in [5, 5.41) is 12.5. The second-order valence-electron chi connectivity index (χ2n) is 5.62. The predicted octanol–water partition coefficient (Wildman–Crippen LogP) is 0.247. The van der Waals surface area contributed by atoms with Gasteiger partial charge in [-0.15, -0.1) is 0 Å². The number of amides is 1. The van der Waals surface area contributed by atoms with Gasteiger partial charge >= 0.3 is 0 Å². The van der Waals surface area contributed by atoms with Crippen molar-refractivity contribution in [2.24, 2.45) is 7.05 Å². The Labute approximate surface area is 146 Å². The van der Waals surface area contributed by atoms with Crippen LogP contribution in [0.2, 0.25) is 0 Å². The van der Waals surface area contributed by atoms with Crippen LogP contribution in [-0.4, -0.2) is 42.1 Å².